The zero-order valence-corrected chi connectivity index (χ0v) is 14.3. The molecule has 0 spiro atoms. The van der Waals surface area contributed by atoms with Crippen LogP contribution >= 0.6 is 11.6 Å². The minimum absolute atomic E-state index is 0.0282. The minimum atomic E-state index is -1.07. The number of benzene rings is 1. The summed E-state index contributed by atoms with van der Waals surface area (Å²) in [5, 5.41) is 9.71. The maximum absolute atomic E-state index is 12.4. The van der Waals surface area contributed by atoms with Gasteiger partial charge in [-0.2, -0.15) is 0 Å². The van der Waals surface area contributed by atoms with E-state index >= 15 is 0 Å². The fourth-order valence-corrected chi connectivity index (χ4v) is 2.80. The van der Waals surface area contributed by atoms with E-state index in [-0.39, 0.29) is 25.0 Å². The second-order valence-corrected chi connectivity index (χ2v) is 6.34. The monoisotopic (exact) mass is 364 g/mol. The lowest BCUT2D eigenvalue weighted by Crippen LogP contribution is -2.52. The maximum Gasteiger partial charge on any atom is 0.334 e. The number of amides is 1. The lowest BCUT2D eigenvalue weighted by molar-refractivity contribution is -0.166. The van der Waals surface area contributed by atoms with Gasteiger partial charge in [0.15, 0.2) is 6.10 Å². The Morgan fingerprint density at radius 2 is 2.04 bits per heavy atom. The van der Waals surface area contributed by atoms with E-state index in [2.05, 4.69) is 4.98 Å². The number of carbonyl (C=O) groups is 2. The molecule has 132 valence electrons. The summed E-state index contributed by atoms with van der Waals surface area (Å²) in [6, 6.07) is 7.02. The highest BCUT2D eigenvalue weighted by atomic mass is 35.5. The molecule has 2 heterocycles. The third-order valence-corrected chi connectivity index (χ3v) is 4.12. The van der Waals surface area contributed by atoms with Crippen molar-refractivity contribution in [3.8, 4) is 11.5 Å². The zero-order chi connectivity index (χ0) is 18.0. The Kier molecular flexibility index (Phi) is 5.06. The molecule has 25 heavy (non-hydrogen) atoms. The highest BCUT2D eigenvalue weighted by Crippen LogP contribution is 2.21. The first kappa shape index (κ1) is 17.4. The Morgan fingerprint density at radius 3 is 2.72 bits per heavy atom. The van der Waals surface area contributed by atoms with Crippen LogP contribution in [0.3, 0.4) is 0 Å². The van der Waals surface area contributed by atoms with Gasteiger partial charge < -0.3 is 19.2 Å². The Balaban J connectivity index is 1.67. The van der Waals surface area contributed by atoms with Crippen molar-refractivity contribution in [2.24, 2.45) is 0 Å². The fourth-order valence-electron chi connectivity index (χ4n) is 2.67. The molecule has 8 heteroatoms. The van der Waals surface area contributed by atoms with E-state index in [1.54, 1.807) is 31.2 Å². The topological polar surface area (TPSA) is 92.9 Å². The number of aromatic nitrogens is 1. The largest absolute Gasteiger partial charge is 0.479 e. The molecule has 1 fully saturated rings. The summed E-state index contributed by atoms with van der Waals surface area (Å²) in [6.45, 7) is 2.12. The number of rotatable bonds is 4. The molecular weight excluding hydrogens is 348 g/mol. The first-order valence-electron chi connectivity index (χ1n) is 7.79. The molecule has 1 saturated heterocycles. The summed E-state index contributed by atoms with van der Waals surface area (Å²) < 4.78 is 10.7. The number of carboxylic acids is 1. The van der Waals surface area contributed by atoms with E-state index in [0.29, 0.717) is 23.2 Å². The van der Waals surface area contributed by atoms with Gasteiger partial charge in [0.25, 0.3) is 0 Å². The number of oxazole rings is 1. The summed E-state index contributed by atoms with van der Waals surface area (Å²) in [5.41, 5.74) is 1.25. The van der Waals surface area contributed by atoms with Gasteiger partial charge >= 0.3 is 5.97 Å². The van der Waals surface area contributed by atoms with Crippen molar-refractivity contribution in [1.82, 2.24) is 9.88 Å². The summed E-state index contributed by atoms with van der Waals surface area (Å²) in [5.74, 6) is -0.883. The van der Waals surface area contributed by atoms with Gasteiger partial charge in [-0.15, -0.1) is 0 Å². The molecular formula is C17H17ClN2O5. The lowest BCUT2D eigenvalue weighted by Gasteiger charge is -2.34. The Hall–Kier alpha value is -2.38. The predicted molar refractivity (Wildman–Crippen MR) is 89.2 cm³/mol. The molecule has 1 aliphatic heterocycles. The van der Waals surface area contributed by atoms with E-state index < -0.39 is 12.1 Å². The van der Waals surface area contributed by atoms with Crippen LogP contribution in [0.1, 0.15) is 12.6 Å². The zero-order valence-electron chi connectivity index (χ0n) is 13.5. The molecule has 1 amide bonds. The SMILES string of the molecule is C[C@@H]1CN(C(=O)Cc2coc(-c3ccc(Cl)cc3)n2)CC(C(=O)O)O1. The third-order valence-electron chi connectivity index (χ3n) is 3.86. The van der Waals surface area contributed by atoms with Crippen LogP contribution < -0.4 is 0 Å². The lowest BCUT2D eigenvalue weighted by atomic mass is 10.2. The molecule has 1 aliphatic rings. The minimum Gasteiger partial charge on any atom is -0.479 e. The molecule has 2 atom stereocenters. The maximum atomic E-state index is 12.4. The number of ether oxygens (including phenoxy) is 1. The van der Waals surface area contributed by atoms with E-state index in [0.717, 1.165) is 5.56 Å². The Bertz CT molecular complexity index is 774. The predicted octanol–water partition coefficient (Wildman–Crippen LogP) is 2.24. The van der Waals surface area contributed by atoms with Gasteiger partial charge in [0.1, 0.15) is 6.26 Å². The number of hydrogen-bond donors (Lipinski definition) is 1. The molecule has 0 bridgehead atoms. The molecule has 2 aromatic rings. The number of hydrogen-bond acceptors (Lipinski definition) is 5. The number of morpholine rings is 1. The van der Waals surface area contributed by atoms with Crippen molar-refractivity contribution in [1.29, 1.82) is 0 Å². The van der Waals surface area contributed by atoms with E-state index in [9.17, 15) is 9.59 Å². The standard InChI is InChI=1S/C17H17ClN2O5/c1-10-7-20(8-14(25-10)17(22)23)15(21)6-13-9-24-16(19-13)11-2-4-12(18)5-3-11/h2-5,9-10,14H,6-8H2,1H3,(H,22,23)/t10-,14?/m1/s1. The van der Waals surface area contributed by atoms with E-state index in [4.69, 9.17) is 25.9 Å². The van der Waals surface area contributed by atoms with Crippen LogP contribution in [0.25, 0.3) is 11.5 Å². The second-order valence-electron chi connectivity index (χ2n) is 5.90. The number of nitrogens with zero attached hydrogens (tertiary/aromatic N) is 2. The van der Waals surface area contributed by atoms with Crippen molar-refractivity contribution >= 4 is 23.5 Å². The van der Waals surface area contributed by atoms with Crippen LogP contribution in [-0.2, 0) is 20.7 Å². The summed E-state index contributed by atoms with van der Waals surface area (Å²) >= 11 is 5.85. The van der Waals surface area contributed by atoms with Gasteiger partial charge in [-0.3, -0.25) is 4.79 Å². The molecule has 1 aromatic heterocycles. The quantitative estimate of drug-likeness (QED) is 0.894. The highest BCUT2D eigenvalue weighted by Gasteiger charge is 2.32. The van der Waals surface area contributed by atoms with Crippen molar-refractivity contribution in [2.75, 3.05) is 13.1 Å². The third kappa shape index (κ3) is 4.18. The average molecular weight is 365 g/mol. The number of carbonyl (C=O) groups excluding carboxylic acids is 1. The highest BCUT2D eigenvalue weighted by molar-refractivity contribution is 6.30. The fraction of sp³-hybridized carbons (Fsp3) is 0.353. The van der Waals surface area contributed by atoms with Gasteiger partial charge in [-0.25, -0.2) is 9.78 Å². The van der Waals surface area contributed by atoms with Crippen LogP contribution in [0.2, 0.25) is 5.02 Å². The smallest absolute Gasteiger partial charge is 0.334 e. The van der Waals surface area contributed by atoms with Crippen LogP contribution in [0.4, 0.5) is 0 Å². The van der Waals surface area contributed by atoms with Gasteiger partial charge in [-0.1, -0.05) is 11.6 Å². The van der Waals surface area contributed by atoms with Crippen molar-refractivity contribution in [2.45, 2.75) is 25.6 Å². The molecule has 1 N–H and O–H groups in total. The summed E-state index contributed by atoms with van der Waals surface area (Å²) in [7, 11) is 0. The molecule has 1 unspecified atom stereocenters. The number of carboxylic acid groups (broad SMARTS) is 1. The van der Waals surface area contributed by atoms with Crippen molar-refractivity contribution in [3.63, 3.8) is 0 Å². The van der Waals surface area contributed by atoms with Gasteiger partial charge in [0, 0.05) is 17.1 Å². The molecule has 3 rings (SSSR count). The van der Waals surface area contributed by atoms with Crippen LogP contribution in [-0.4, -0.2) is 52.2 Å². The van der Waals surface area contributed by atoms with Crippen molar-refractivity contribution in [3.05, 3.63) is 41.2 Å². The first-order valence-corrected chi connectivity index (χ1v) is 8.16. The first-order chi connectivity index (χ1) is 11.9. The average Bonchev–Trinajstić information content (AvgIpc) is 3.03. The Labute approximate surface area is 149 Å². The van der Waals surface area contributed by atoms with Crippen LogP contribution in [0.5, 0.6) is 0 Å². The summed E-state index contributed by atoms with van der Waals surface area (Å²) in [6.07, 6.45) is 0.131. The normalized spacial score (nSPS) is 20.5. The van der Waals surface area contributed by atoms with Crippen LogP contribution in [0, 0.1) is 0 Å². The van der Waals surface area contributed by atoms with Gasteiger partial charge in [0.05, 0.1) is 24.8 Å². The molecule has 0 aliphatic carbocycles. The van der Waals surface area contributed by atoms with E-state index in [1.807, 2.05) is 0 Å². The van der Waals surface area contributed by atoms with Gasteiger partial charge in [-0.05, 0) is 31.2 Å². The number of aliphatic carboxylic acids is 1. The molecule has 0 radical (unpaired) electrons. The van der Waals surface area contributed by atoms with Gasteiger partial charge in [0.2, 0.25) is 11.8 Å². The van der Waals surface area contributed by atoms with E-state index in [1.165, 1.54) is 11.2 Å². The molecule has 0 saturated carbocycles. The summed E-state index contributed by atoms with van der Waals surface area (Å²) in [4.78, 5) is 29.4. The second kappa shape index (κ2) is 7.25. The molecule has 7 nitrogen and oxygen atoms in total. The van der Waals surface area contributed by atoms with Crippen LogP contribution in [0.15, 0.2) is 34.9 Å². The Morgan fingerprint density at radius 1 is 1.32 bits per heavy atom. The molecule has 1 aromatic carbocycles. The number of halogens is 1. The van der Waals surface area contributed by atoms with Crippen molar-refractivity contribution < 1.29 is 23.8 Å².